The van der Waals surface area contributed by atoms with Crippen LogP contribution in [0.15, 0.2) is 12.7 Å². The molecule has 13 nitrogen and oxygen atoms in total. The first kappa shape index (κ1) is 33.8. The number of aliphatic hydroxyl groups excluding tert-OH is 1. The lowest BCUT2D eigenvalue weighted by atomic mass is 10.2. The number of ether oxygens (including phenoxy) is 10. The second kappa shape index (κ2) is 22.7. The maximum Gasteiger partial charge on any atom is 0.364 e. The molecule has 0 aromatic heterocycles. The van der Waals surface area contributed by atoms with Gasteiger partial charge in [-0.25, -0.2) is 4.79 Å². The molecule has 37 heavy (non-hydrogen) atoms. The SMILES string of the molecule is C=CCOCCOCCOCCOCCOCCOCCOCC(O)COC1COC(C)(C(=O)O)OC1. The monoisotopic (exact) mass is 540 g/mol. The summed E-state index contributed by atoms with van der Waals surface area (Å²) in [5, 5.41) is 18.9. The fourth-order valence-corrected chi connectivity index (χ4v) is 2.71. The third-order valence-electron chi connectivity index (χ3n) is 4.78. The van der Waals surface area contributed by atoms with Crippen LogP contribution < -0.4 is 0 Å². The Labute approximate surface area is 218 Å². The average molecular weight is 541 g/mol. The van der Waals surface area contributed by atoms with Crippen LogP contribution in [0.1, 0.15) is 6.92 Å². The van der Waals surface area contributed by atoms with Crippen molar-refractivity contribution in [3.05, 3.63) is 12.7 Å². The molecule has 1 aliphatic rings. The first-order valence-electron chi connectivity index (χ1n) is 12.4. The van der Waals surface area contributed by atoms with Crippen molar-refractivity contribution >= 4 is 5.97 Å². The number of carbonyl (C=O) groups is 1. The summed E-state index contributed by atoms with van der Waals surface area (Å²) in [5.41, 5.74) is 0. The summed E-state index contributed by atoms with van der Waals surface area (Å²) in [7, 11) is 0. The molecule has 1 rings (SSSR count). The summed E-state index contributed by atoms with van der Waals surface area (Å²) in [6.07, 6.45) is 0.415. The van der Waals surface area contributed by atoms with Gasteiger partial charge < -0.3 is 57.6 Å². The minimum absolute atomic E-state index is 0.0189. The van der Waals surface area contributed by atoms with Gasteiger partial charge in [-0.1, -0.05) is 6.08 Å². The van der Waals surface area contributed by atoms with Crippen molar-refractivity contribution in [1.29, 1.82) is 0 Å². The highest BCUT2D eigenvalue weighted by Gasteiger charge is 2.40. The molecule has 1 atom stereocenters. The van der Waals surface area contributed by atoms with Gasteiger partial charge in [0.15, 0.2) is 0 Å². The molecule has 0 radical (unpaired) electrons. The van der Waals surface area contributed by atoms with Crippen LogP contribution in [0.4, 0.5) is 0 Å². The Morgan fingerprint density at radius 1 is 0.811 bits per heavy atom. The molecular weight excluding hydrogens is 496 g/mol. The molecule has 0 spiro atoms. The van der Waals surface area contributed by atoms with Crippen molar-refractivity contribution in [2.45, 2.75) is 24.9 Å². The summed E-state index contributed by atoms with van der Waals surface area (Å²) >= 11 is 0. The number of aliphatic carboxylic acids is 1. The van der Waals surface area contributed by atoms with Crippen molar-refractivity contribution in [2.24, 2.45) is 0 Å². The predicted octanol–water partition coefficient (Wildman–Crippen LogP) is -0.118. The summed E-state index contributed by atoms with van der Waals surface area (Å²) < 4.78 is 53.3. The Hall–Kier alpha value is -1.23. The molecule has 0 aliphatic carbocycles. The lowest BCUT2D eigenvalue weighted by Crippen LogP contribution is -2.50. The predicted molar refractivity (Wildman–Crippen MR) is 130 cm³/mol. The van der Waals surface area contributed by atoms with Gasteiger partial charge in [0, 0.05) is 6.92 Å². The van der Waals surface area contributed by atoms with Crippen molar-refractivity contribution in [3.8, 4) is 0 Å². The van der Waals surface area contributed by atoms with Gasteiger partial charge in [-0.3, -0.25) is 0 Å². The zero-order chi connectivity index (χ0) is 27.0. The van der Waals surface area contributed by atoms with E-state index in [0.29, 0.717) is 85.9 Å². The second-order valence-electron chi connectivity index (χ2n) is 7.98. The summed E-state index contributed by atoms with van der Waals surface area (Å²) in [6, 6.07) is 0. The van der Waals surface area contributed by atoms with Gasteiger partial charge >= 0.3 is 5.97 Å². The molecule has 218 valence electrons. The van der Waals surface area contributed by atoms with Crippen molar-refractivity contribution in [2.75, 3.05) is 112 Å². The van der Waals surface area contributed by atoms with E-state index >= 15 is 0 Å². The zero-order valence-corrected chi connectivity index (χ0v) is 21.8. The lowest BCUT2D eigenvalue weighted by molar-refractivity contribution is -0.285. The van der Waals surface area contributed by atoms with Gasteiger partial charge in [-0.05, 0) is 0 Å². The molecule has 1 saturated heterocycles. The Balaban J connectivity index is 1.75. The average Bonchev–Trinajstić information content (AvgIpc) is 2.89. The molecule has 1 heterocycles. The lowest BCUT2D eigenvalue weighted by Gasteiger charge is -2.34. The topological polar surface area (TPSA) is 150 Å². The Morgan fingerprint density at radius 2 is 1.22 bits per heavy atom. The summed E-state index contributed by atoms with van der Waals surface area (Å²) in [4.78, 5) is 11.0. The van der Waals surface area contributed by atoms with Crippen molar-refractivity contribution in [1.82, 2.24) is 0 Å². The Kier molecular flexibility index (Phi) is 20.8. The van der Waals surface area contributed by atoms with E-state index in [-0.39, 0.29) is 26.4 Å². The minimum atomic E-state index is -1.66. The smallest absolute Gasteiger partial charge is 0.364 e. The molecule has 2 N–H and O–H groups in total. The molecule has 13 heteroatoms. The van der Waals surface area contributed by atoms with Gasteiger partial charge in [0.05, 0.1) is 112 Å². The first-order valence-corrected chi connectivity index (χ1v) is 12.4. The highest BCUT2D eigenvalue weighted by Crippen LogP contribution is 2.20. The number of aliphatic hydroxyl groups is 1. The number of rotatable bonds is 26. The van der Waals surface area contributed by atoms with Crippen LogP contribution in [-0.2, 0) is 52.2 Å². The standard InChI is InChI=1S/C24H44O13/c1-3-4-28-5-6-29-7-8-30-9-10-31-11-12-32-13-14-33-15-16-34-17-21(25)18-35-22-19-36-24(2,23(26)27)37-20-22/h3,21-22,25H,1,4-20H2,2H3,(H,26,27). The normalized spacial score (nSPS) is 20.6. The number of carboxylic acids is 1. The van der Waals surface area contributed by atoms with Crippen molar-refractivity contribution < 1.29 is 62.4 Å². The third kappa shape index (κ3) is 18.6. The van der Waals surface area contributed by atoms with E-state index in [0.717, 1.165) is 0 Å². The van der Waals surface area contributed by atoms with E-state index < -0.39 is 24.0 Å². The first-order chi connectivity index (χ1) is 18.0. The highest BCUT2D eigenvalue weighted by molar-refractivity contribution is 5.75. The fraction of sp³-hybridized carbons (Fsp3) is 0.875. The fourth-order valence-electron chi connectivity index (χ4n) is 2.71. The van der Waals surface area contributed by atoms with Crippen LogP contribution in [0, 0.1) is 0 Å². The molecule has 1 aliphatic heterocycles. The third-order valence-corrected chi connectivity index (χ3v) is 4.78. The van der Waals surface area contributed by atoms with E-state index in [1.807, 2.05) is 0 Å². The van der Waals surface area contributed by atoms with Gasteiger partial charge in [0.25, 0.3) is 5.79 Å². The van der Waals surface area contributed by atoms with Crippen LogP contribution in [-0.4, -0.2) is 146 Å². The number of carboxylic acid groups (broad SMARTS) is 1. The Bertz CT molecular complexity index is 555. The van der Waals surface area contributed by atoms with E-state index in [4.69, 9.17) is 52.5 Å². The number of hydrogen-bond donors (Lipinski definition) is 2. The van der Waals surface area contributed by atoms with E-state index in [1.165, 1.54) is 6.92 Å². The maximum atomic E-state index is 11.0. The number of hydrogen-bond acceptors (Lipinski definition) is 12. The van der Waals surface area contributed by atoms with Gasteiger partial charge in [-0.15, -0.1) is 6.58 Å². The molecule has 0 aromatic rings. The molecule has 0 bridgehead atoms. The molecule has 1 unspecified atom stereocenters. The van der Waals surface area contributed by atoms with E-state index in [2.05, 4.69) is 6.58 Å². The van der Waals surface area contributed by atoms with Crippen LogP contribution in [0.25, 0.3) is 0 Å². The largest absolute Gasteiger partial charge is 0.477 e. The molecule has 0 amide bonds. The van der Waals surface area contributed by atoms with Gasteiger partial charge in [0.1, 0.15) is 12.2 Å². The van der Waals surface area contributed by atoms with Crippen LogP contribution in [0.3, 0.4) is 0 Å². The molecule has 1 fully saturated rings. The zero-order valence-electron chi connectivity index (χ0n) is 21.8. The van der Waals surface area contributed by atoms with E-state index in [1.54, 1.807) is 6.08 Å². The van der Waals surface area contributed by atoms with Crippen LogP contribution >= 0.6 is 0 Å². The van der Waals surface area contributed by atoms with Gasteiger partial charge in [0.2, 0.25) is 0 Å². The Morgan fingerprint density at radius 3 is 1.62 bits per heavy atom. The molecule has 0 aromatic carbocycles. The van der Waals surface area contributed by atoms with E-state index in [9.17, 15) is 9.90 Å². The molecular formula is C24H44O13. The summed E-state index contributed by atoms with van der Waals surface area (Å²) in [6.45, 7) is 11.2. The van der Waals surface area contributed by atoms with Crippen LogP contribution in [0.2, 0.25) is 0 Å². The van der Waals surface area contributed by atoms with Gasteiger partial charge in [-0.2, -0.15) is 0 Å². The highest BCUT2D eigenvalue weighted by atomic mass is 16.7. The quantitative estimate of drug-likeness (QED) is 0.111. The maximum absolute atomic E-state index is 11.0. The molecule has 0 saturated carbocycles. The summed E-state index contributed by atoms with van der Waals surface area (Å²) in [5.74, 6) is -2.85. The van der Waals surface area contributed by atoms with Crippen LogP contribution in [0.5, 0.6) is 0 Å². The minimum Gasteiger partial charge on any atom is -0.477 e. The second-order valence-corrected chi connectivity index (χ2v) is 7.98. The van der Waals surface area contributed by atoms with Crippen molar-refractivity contribution in [3.63, 3.8) is 0 Å².